The van der Waals surface area contributed by atoms with Gasteiger partial charge in [0.15, 0.2) is 5.69 Å². The fraction of sp³-hybridized carbons (Fsp3) is 0.211. The summed E-state index contributed by atoms with van der Waals surface area (Å²) in [6.07, 6.45) is -1.58. The molecule has 0 aliphatic carbocycles. The third-order valence-corrected chi connectivity index (χ3v) is 3.78. The Labute approximate surface area is 158 Å². The van der Waals surface area contributed by atoms with Crippen LogP contribution in [0.5, 0.6) is 5.75 Å². The predicted molar refractivity (Wildman–Crippen MR) is 94.2 cm³/mol. The first kappa shape index (κ1) is 19.4. The van der Waals surface area contributed by atoms with Crippen LogP contribution in [0.2, 0.25) is 0 Å². The fourth-order valence-electron chi connectivity index (χ4n) is 2.65. The molecule has 0 fully saturated rings. The van der Waals surface area contributed by atoms with Gasteiger partial charge in [0.1, 0.15) is 5.75 Å². The number of hydrogen-bond acceptors (Lipinski definition) is 5. The quantitative estimate of drug-likeness (QED) is 0.606. The van der Waals surface area contributed by atoms with Crippen molar-refractivity contribution in [2.24, 2.45) is 0 Å². The maximum absolute atomic E-state index is 12.4. The van der Waals surface area contributed by atoms with Crippen molar-refractivity contribution in [2.75, 3.05) is 6.61 Å². The Hall–Kier alpha value is -3.36. The molecule has 0 saturated heterocycles. The van der Waals surface area contributed by atoms with Crippen LogP contribution >= 0.6 is 0 Å². The van der Waals surface area contributed by atoms with Crippen molar-refractivity contribution in [3.8, 4) is 22.7 Å². The van der Waals surface area contributed by atoms with Gasteiger partial charge in [-0.1, -0.05) is 0 Å². The molecule has 0 N–H and O–H groups in total. The van der Waals surface area contributed by atoms with Gasteiger partial charge in [-0.25, -0.2) is 9.48 Å². The Morgan fingerprint density at radius 1 is 1.21 bits per heavy atom. The van der Waals surface area contributed by atoms with Gasteiger partial charge < -0.3 is 9.47 Å². The smallest absolute Gasteiger partial charge is 0.461 e. The Morgan fingerprint density at radius 3 is 2.61 bits per heavy atom. The van der Waals surface area contributed by atoms with Crippen LogP contribution in [0.1, 0.15) is 23.0 Å². The van der Waals surface area contributed by atoms with Crippen molar-refractivity contribution in [1.82, 2.24) is 14.8 Å². The molecule has 0 unspecified atom stereocenters. The molecule has 0 saturated carbocycles. The highest BCUT2D eigenvalue weighted by atomic mass is 19.4. The van der Waals surface area contributed by atoms with Gasteiger partial charge in [0.2, 0.25) is 0 Å². The van der Waals surface area contributed by atoms with E-state index in [1.807, 2.05) is 0 Å². The molecule has 2 aromatic heterocycles. The number of nitrogens with zero attached hydrogens (tertiary/aromatic N) is 3. The Morgan fingerprint density at radius 2 is 2.00 bits per heavy atom. The van der Waals surface area contributed by atoms with Gasteiger partial charge in [-0.2, -0.15) is 5.10 Å². The molecule has 0 aliphatic heterocycles. The Kier molecular flexibility index (Phi) is 5.34. The van der Waals surface area contributed by atoms with Gasteiger partial charge in [0.25, 0.3) is 0 Å². The van der Waals surface area contributed by atoms with E-state index < -0.39 is 12.3 Å². The molecule has 6 nitrogen and oxygen atoms in total. The van der Waals surface area contributed by atoms with E-state index in [1.54, 1.807) is 44.4 Å². The second-order valence-electron chi connectivity index (χ2n) is 5.78. The first-order valence-electron chi connectivity index (χ1n) is 8.33. The normalized spacial score (nSPS) is 11.3. The summed E-state index contributed by atoms with van der Waals surface area (Å²) in [6.45, 7) is 3.49. The molecule has 0 amide bonds. The van der Waals surface area contributed by atoms with Gasteiger partial charge in [-0.15, -0.1) is 13.2 Å². The fourth-order valence-corrected chi connectivity index (χ4v) is 2.65. The average molecular weight is 391 g/mol. The van der Waals surface area contributed by atoms with E-state index in [0.29, 0.717) is 22.5 Å². The molecule has 0 atom stereocenters. The Balaban J connectivity index is 2.08. The van der Waals surface area contributed by atoms with Crippen LogP contribution in [0.3, 0.4) is 0 Å². The van der Waals surface area contributed by atoms with E-state index in [2.05, 4.69) is 14.8 Å². The van der Waals surface area contributed by atoms with E-state index in [4.69, 9.17) is 4.74 Å². The topological polar surface area (TPSA) is 66.2 Å². The number of aryl methyl sites for hydroxylation is 1. The van der Waals surface area contributed by atoms with Gasteiger partial charge in [0, 0.05) is 18.0 Å². The number of pyridine rings is 1. The van der Waals surface area contributed by atoms with E-state index in [-0.39, 0.29) is 18.1 Å². The summed E-state index contributed by atoms with van der Waals surface area (Å²) in [4.78, 5) is 16.2. The SMILES string of the molecule is CCOC(=O)c1cc(-c2cccnc2)n(-c2ccc(OC(F)(F)F)cc2C)n1. The van der Waals surface area contributed by atoms with E-state index in [0.717, 1.165) is 0 Å². The molecule has 3 rings (SSSR count). The van der Waals surface area contributed by atoms with Gasteiger partial charge >= 0.3 is 12.3 Å². The minimum atomic E-state index is -4.78. The zero-order valence-electron chi connectivity index (χ0n) is 15.0. The Bertz CT molecular complexity index is 985. The van der Waals surface area contributed by atoms with Gasteiger partial charge in [0.05, 0.1) is 18.0 Å². The minimum absolute atomic E-state index is 0.0794. The summed E-state index contributed by atoms with van der Waals surface area (Å²) in [7, 11) is 0. The highest BCUT2D eigenvalue weighted by Gasteiger charge is 2.31. The van der Waals surface area contributed by atoms with Crippen molar-refractivity contribution in [1.29, 1.82) is 0 Å². The molecular weight excluding hydrogens is 375 g/mol. The number of ether oxygens (including phenoxy) is 2. The summed E-state index contributed by atoms with van der Waals surface area (Å²) < 4.78 is 47.8. The van der Waals surface area contributed by atoms with Crippen molar-refractivity contribution >= 4 is 5.97 Å². The van der Waals surface area contributed by atoms with Crippen LogP contribution < -0.4 is 4.74 Å². The van der Waals surface area contributed by atoms with Crippen molar-refractivity contribution in [3.63, 3.8) is 0 Å². The number of alkyl halides is 3. The second-order valence-corrected chi connectivity index (χ2v) is 5.78. The highest BCUT2D eigenvalue weighted by molar-refractivity contribution is 5.89. The largest absolute Gasteiger partial charge is 0.573 e. The lowest BCUT2D eigenvalue weighted by atomic mass is 10.1. The summed E-state index contributed by atoms with van der Waals surface area (Å²) >= 11 is 0. The van der Waals surface area contributed by atoms with Crippen LogP contribution in [0.15, 0.2) is 48.8 Å². The maximum Gasteiger partial charge on any atom is 0.573 e. The van der Waals surface area contributed by atoms with Gasteiger partial charge in [-0.05, 0) is 55.8 Å². The molecule has 9 heteroatoms. The molecule has 146 valence electrons. The minimum Gasteiger partial charge on any atom is -0.461 e. The number of rotatable bonds is 5. The number of aromatic nitrogens is 3. The monoisotopic (exact) mass is 391 g/mol. The molecular formula is C19H16F3N3O3. The number of esters is 1. The average Bonchev–Trinajstić information content (AvgIpc) is 3.06. The zero-order valence-corrected chi connectivity index (χ0v) is 15.0. The molecule has 28 heavy (non-hydrogen) atoms. The first-order valence-corrected chi connectivity index (χ1v) is 8.33. The summed E-state index contributed by atoms with van der Waals surface area (Å²) in [5.74, 6) is -0.935. The van der Waals surface area contributed by atoms with E-state index >= 15 is 0 Å². The van der Waals surface area contributed by atoms with E-state index in [1.165, 1.54) is 22.9 Å². The van der Waals surface area contributed by atoms with Crippen molar-refractivity contribution < 1.29 is 27.4 Å². The van der Waals surface area contributed by atoms with Crippen molar-refractivity contribution in [2.45, 2.75) is 20.2 Å². The molecule has 0 spiro atoms. The second kappa shape index (κ2) is 7.71. The van der Waals surface area contributed by atoms with Crippen molar-refractivity contribution in [3.05, 3.63) is 60.0 Å². The summed E-state index contributed by atoms with van der Waals surface area (Å²) in [5.41, 5.74) is 2.27. The summed E-state index contributed by atoms with van der Waals surface area (Å²) in [5, 5.41) is 4.29. The zero-order chi connectivity index (χ0) is 20.3. The third-order valence-electron chi connectivity index (χ3n) is 3.78. The van der Waals surface area contributed by atoms with Crippen LogP contribution in [0.4, 0.5) is 13.2 Å². The molecule has 1 aromatic carbocycles. The molecule has 3 aromatic rings. The van der Waals surface area contributed by atoms with Gasteiger partial charge in [-0.3, -0.25) is 4.98 Å². The standard InChI is InChI=1S/C19H16F3N3O3/c1-3-27-18(26)15-10-17(13-5-4-8-23-11-13)25(24-15)16-7-6-14(9-12(16)2)28-19(20,21)22/h4-11H,3H2,1-2H3. The van der Waals surface area contributed by atoms with Crippen LogP contribution in [0, 0.1) is 6.92 Å². The number of carbonyl (C=O) groups is 1. The number of hydrogen-bond donors (Lipinski definition) is 0. The molecule has 2 heterocycles. The van der Waals surface area contributed by atoms with E-state index in [9.17, 15) is 18.0 Å². The molecule has 0 radical (unpaired) electrons. The summed E-state index contributed by atoms with van der Waals surface area (Å²) in [6, 6.07) is 8.94. The number of benzene rings is 1. The lowest BCUT2D eigenvalue weighted by Crippen LogP contribution is -2.17. The maximum atomic E-state index is 12.4. The number of halogens is 3. The van der Waals surface area contributed by atoms with Crippen LogP contribution in [-0.4, -0.2) is 33.7 Å². The molecule has 0 aliphatic rings. The third kappa shape index (κ3) is 4.30. The first-order chi connectivity index (χ1) is 13.3. The van der Waals surface area contributed by atoms with Crippen LogP contribution in [0.25, 0.3) is 16.9 Å². The van der Waals surface area contributed by atoms with Crippen LogP contribution in [-0.2, 0) is 4.74 Å². The number of carbonyl (C=O) groups excluding carboxylic acids is 1. The molecule has 0 bridgehead atoms. The predicted octanol–water partition coefficient (Wildman–Crippen LogP) is 4.32. The lowest BCUT2D eigenvalue weighted by molar-refractivity contribution is -0.274. The highest BCUT2D eigenvalue weighted by Crippen LogP contribution is 2.29. The lowest BCUT2D eigenvalue weighted by Gasteiger charge is -2.13.